The van der Waals surface area contributed by atoms with E-state index in [9.17, 15) is 19.7 Å². The lowest BCUT2D eigenvalue weighted by molar-refractivity contribution is -0.384. The Morgan fingerprint density at radius 2 is 1.66 bits per heavy atom. The predicted octanol–water partition coefficient (Wildman–Crippen LogP) is 2.62. The van der Waals surface area contributed by atoms with Crippen LogP contribution in [0.2, 0.25) is 0 Å². The van der Waals surface area contributed by atoms with Gasteiger partial charge in [0.2, 0.25) is 0 Å². The van der Waals surface area contributed by atoms with Crippen LogP contribution in [-0.4, -0.2) is 32.8 Å². The van der Waals surface area contributed by atoms with E-state index in [1.54, 1.807) is 48.1 Å². The molecule has 0 spiro atoms. The summed E-state index contributed by atoms with van der Waals surface area (Å²) in [6.07, 6.45) is 1.66. The third-order valence-electron chi connectivity index (χ3n) is 5.41. The van der Waals surface area contributed by atoms with Crippen molar-refractivity contribution >= 4 is 16.6 Å². The molecule has 0 aliphatic heterocycles. The first-order chi connectivity index (χ1) is 15.3. The van der Waals surface area contributed by atoms with E-state index in [-0.39, 0.29) is 11.1 Å². The molecule has 0 unspecified atom stereocenters. The molecule has 0 fully saturated rings. The van der Waals surface area contributed by atoms with Crippen molar-refractivity contribution in [3.05, 3.63) is 79.6 Å². The lowest BCUT2D eigenvalue weighted by Gasteiger charge is -2.13. The Morgan fingerprint density at radius 1 is 0.938 bits per heavy atom. The molecule has 2 heterocycles. The van der Waals surface area contributed by atoms with E-state index in [0.29, 0.717) is 34.0 Å². The first-order valence-electron chi connectivity index (χ1n) is 9.56. The fraction of sp³-hybridized carbons (Fsp3) is 0.182. The number of nitrogens with zero attached hydrogens (tertiary/aromatic N) is 4. The van der Waals surface area contributed by atoms with Crippen molar-refractivity contribution in [3.8, 4) is 28.4 Å². The third kappa shape index (κ3) is 3.13. The molecule has 10 heteroatoms. The number of nitro benzene ring substituents is 1. The maximum Gasteiger partial charge on any atom is 0.330 e. The summed E-state index contributed by atoms with van der Waals surface area (Å²) in [4.78, 5) is 36.5. The molecule has 4 aromatic rings. The highest BCUT2D eigenvalue weighted by atomic mass is 16.6. The second-order valence-electron chi connectivity index (χ2n) is 7.16. The van der Waals surface area contributed by atoms with Gasteiger partial charge in [0.05, 0.1) is 35.7 Å². The monoisotopic (exact) mass is 436 g/mol. The molecule has 0 aliphatic rings. The Balaban J connectivity index is 2.16. The zero-order chi connectivity index (χ0) is 23.2. The number of hydrogen-bond acceptors (Lipinski definition) is 6. The maximum atomic E-state index is 13.1. The van der Waals surface area contributed by atoms with Crippen molar-refractivity contribution in [3.63, 3.8) is 0 Å². The van der Waals surface area contributed by atoms with Gasteiger partial charge in [0.1, 0.15) is 0 Å². The highest BCUT2D eigenvalue weighted by Gasteiger charge is 2.22. The normalized spacial score (nSPS) is 11.0. The Bertz CT molecular complexity index is 1500. The van der Waals surface area contributed by atoms with E-state index >= 15 is 0 Å². The molecule has 32 heavy (non-hydrogen) atoms. The predicted molar refractivity (Wildman–Crippen MR) is 119 cm³/mol. The minimum absolute atomic E-state index is 0.114. The molecular weight excluding hydrogens is 416 g/mol. The topological polar surface area (TPSA) is 111 Å². The van der Waals surface area contributed by atoms with Gasteiger partial charge in [0.15, 0.2) is 11.5 Å². The second kappa shape index (κ2) is 7.73. The Hall–Kier alpha value is -4.34. The number of hydrogen-bond donors (Lipinski definition) is 0. The number of aromatic nitrogens is 3. The minimum Gasteiger partial charge on any atom is -0.493 e. The summed E-state index contributed by atoms with van der Waals surface area (Å²) in [5.74, 6) is 0.989. The highest BCUT2D eigenvalue weighted by Crippen LogP contribution is 2.35. The molecule has 2 aromatic heterocycles. The van der Waals surface area contributed by atoms with Gasteiger partial charge < -0.3 is 14.0 Å². The summed E-state index contributed by atoms with van der Waals surface area (Å²) in [6, 6.07) is 11.2. The van der Waals surface area contributed by atoms with E-state index in [4.69, 9.17) is 9.47 Å². The van der Waals surface area contributed by atoms with E-state index in [2.05, 4.69) is 0 Å². The summed E-state index contributed by atoms with van der Waals surface area (Å²) in [5.41, 5.74) is 0.815. The van der Waals surface area contributed by atoms with Gasteiger partial charge in [0, 0.05) is 49.7 Å². The van der Waals surface area contributed by atoms with Gasteiger partial charge in [-0.3, -0.25) is 24.0 Å². The van der Waals surface area contributed by atoms with Crippen LogP contribution in [0.4, 0.5) is 5.69 Å². The molecule has 0 amide bonds. The Kier molecular flexibility index (Phi) is 5.05. The van der Waals surface area contributed by atoms with Crippen molar-refractivity contribution in [2.45, 2.75) is 0 Å². The van der Waals surface area contributed by atoms with Crippen LogP contribution in [0.1, 0.15) is 0 Å². The molecule has 164 valence electrons. The van der Waals surface area contributed by atoms with Gasteiger partial charge in [0.25, 0.3) is 11.2 Å². The molecule has 2 aromatic carbocycles. The Labute approximate surface area is 181 Å². The van der Waals surface area contributed by atoms with Crippen molar-refractivity contribution in [2.75, 3.05) is 14.2 Å². The number of rotatable bonds is 5. The van der Waals surface area contributed by atoms with Gasteiger partial charge in [-0.1, -0.05) is 12.1 Å². The smallest absolute Gasteiger partial charge is 0.330 e. The van der Waals surface area contributed by atoms with Crippen LogP contribution in [0, 0.1) is 10.1 Å². The number of ether oxygens (including phenoxy) is 2. The number of nitro groups is 1. The van der Waals surface area contributed by atoms with Gasteiger partial charge in [-0.05, 0) is 12.1 Å². The van der Waals surface area contributed by atoms with E-state index < -0.39 is 16.2 Å². The summed E-state index contributed by atoms with van der Waals surface area (Å²) >= 11 is 0. The lowest BCUT2D eigenvalue weighted by atomic mass is 10.1. The molecule has 4 rings (SSSR count). The lowest BCUT2D eigenvalue weighted by Crippen LogP contribution is -2.36. The number of aryl methyl sites for hydroxylation is 1. The highest BCUT2D eigenvalue weighted by molar-refractivity contribution is 5.95. The number of non-ortho nitro benzene ring substituents is 1. The second-order valence-corrected chi connectivity index (χ2v) is 7.16. The van der Waals surface area contributed by atoms with Gasteiger partial charge in [-0.2, -0.15) is 0 Å². The van der Waals surface area contributed by atoms with Crippen molar-refractivity contribution in [2.24, 2.45) is 14.1 Å². The van der Waals surface area contributed by atoms with Crippen LogP contribution in [-0.2, 0) is 14.1 Å². The molecule has 0 aliphatic carbocycles. The van der Waals surface area contributed by atoms with Crippen molar-refractivity contribution < 1.29 is 14.4 Å². The van der Waals surface area contributed by atoms with E-state index in [0.717, 1.165) is 4.57 Å². The molecule has 0 radical (unpaired) electrons. The molecule has 0 saturated carbocycles. The SMILES string of the molecule is COc1ccc(-n2cc3c(c2-c2cccc([N+](=O)[O-])c2)c(=O)n(C)c(=O)n3C)cc1OC. The zero-order valence-corrected chi connectivity index (χ0v) is 17.9. The fourth-order valence-corrected chi connectivity index (χ4v) is 3.77. The average Bonchev–Trinajstić information content (AvgIpc) is 3.21. The van der Waals surface area contributed by atoms with Gasteiger partial charge in [-0.25, -0.2) is 4.79 Å². The van der Waals surface area contributed by atoms with E-state index in [1.165, 1.54) is 38.0 Å². The van der Waals surface area contributed by atoms with Crippen LogP contribution in [0.15, 0.2) is 58.3 Å². The average molecular weight is 436 g/mol. The van der Waals surface area contributed by atoms with Crippen LogP contribution >= 0.6 is 0 Å². The third-order valence-corrected chi connectivity index (χ3v) is 5.41. The standard InChI is InChI=1S/C22H20N4O6/c1-23-16-12-25(14-8-9-17(31-3)18(11-14)32-4)20(19(16)21(27)24(2)22(23)28)13-6-5-7-15(10-13)26(29)30/h5-12H,1-4H3. The fourth-order valence-electron chi connectivity index (χ4n) is 3.77. The summed E-state index contributed by atoms with van der Waals surface area (Å²) in [7, 11) is 6.00. The van der Waals surface area contributed by atoms with Crippen LogP contribution in [0.5, 0.6) is 11.5 Å². The molecule has 0 atom stereocenters. The molecular formula is C22H20N4O6. The first kappa shape index (κ1) is 20.9. The summed E-state index contributed by atoms with van der Waals surface area (Å²) < 4.78 is 14.8. The Morgan fingerprint density at radius 3 is 2.31 bits per heavy atom. The van der Waals surface area contributed by atoms with Crippen molar-refractivity contribution in [1.29, 1.82) is 0 Å². The van der Waals surface area contributed by atoms with Crippen LogP contribution in [0.25, 0.3) is 27.8 Å². The first-order valence-corrected chi connectivity index (χ1v) is 9.56. The molecule has 0 bridgehead atoms. The molecule has 0 saturated heterocycles. The quantitative estimate of drug-likeness (QED) is 0.351. The molecule has 0 N–H and O–H groups in total. The van der Waals surface area contributed by atoms with Crippen molar-refractivity contribution in [1.82, 2.24) is 13.7 Å². The van der Waals surface area contributed by atoms with Crippen LogP contribution in [0.3, 0.4) is 0 Å². The maximum absolute atomic E-state index is 13.1. The summed E-state index contributed by atoms with van der Waals surface area (Å²) in [6.45, 7) is 0. The zero-order valence-electron chi connectivity index (χ0n) is 17.9. The molecule has 10 nitrogen and oxygen atoms in total. The largest absolute Gasteiger partial charge is 0.493 e. The van der Waals surface area contributed by atoms with Gasteiger partial charge >= 0.3 is 5.69 Å². The number of fused-ring (bicyclic) bond motifs is 1. The summed E-state index contributed by atoms with van der Waals surface area (Å²) in [5, 5.41) is 11.6. The van der Waals surface area contributed by atoms with Gasteiger partial charge in [-0.15, -0.1) is 0 Å². The minimum atomic E-state index is -0.497. The van der Waals surface area contributed by atoms with Crippen LogP contribution < -0.4 is 20.7 Å². The number of benzene rings is 2. The number of methoxy groups -OCH3 is 2. The van der Waals surface area contributed by atoms with E-state index in [1.807, 2.05) is 0 Å².